The lowest BCUT2D eigenvalue weighted by atomic mass is 10.3. The highest BCUT2D eigenvalue weighted by molar-refractivity contribution is 6.69. The molecule has 9 heteroatoms. The summed E-state index contributed by atoms with van der Waals surface area (Å²) in [5.74, 6) is 0.711. The summed E-state index contributed by atoms with van der Waals surface area (Å²) in [6, 6.07) is 0. The molecule has 0 aromatic carbocycles. The molecule has 2 rings (SSSR count). The molecule has 1 aromatic rings. The molecule has 1 aliphatic heterocycles. The first kappa shape index (κ1) is 15.3. The molecule has 0 spiro atoms. The van der Waals surface area contributed by atoms with E-state index in [1.54, 1.807) is 24.8 Å². The molecule has 0 unspecified atom stereocenters. The number of nitrogen functional groups attached to an aromatic ring is 1. The first-order chi connectivity index (χ1) is 10.1. The highest BCUT2D eigenvalue weighted by Crippen LogP contribution is 2.35. The van der Waals surface area contributed by atoms with E-state index >= 15 is 0 Å². The fourth-order valence-electron chi connectivity index (χ4n) is 1.64. The van der Waals surface area contributed by atoms with Crippen LogP contribution >= 0.6 is 23.2 Å². The number of pyridine rings is 1. The zero-order valence-corrected chi connectivity index (χ0v) is 12.5. The third kappa shape index (κ3) is 3.15. The maximum atomic E-state index is 7.48. The van der Waals surface area contributed by atoms with Crippen LogP contribution in [0.3, 0.4) is 0 Å². The summed E-state index contributed by atoms with van der Waals surface area (Å²) in [7, 11) is 1.67. The first-order valence-corrected chi connectivity index (χ1v) is 6.62. The van der Waals surface area contributed by atoms with Crippen molar-refractivity contribution in [1.29, 1.82) is 5.41 Å². The van der Waals surface area contributed by atoms with E-state index in [9.17, 15) is 0 Å². The average Bonchev–Trinajstić information content (AvgIpc) is 2.48. The van der Waals surface area contributed by atoms with Gasteiger partial charge in [-0.15, -0.1) is 0 Å². The molecule has 1 aromatic heterocycles. The van der Waals surface area contributed by atoms with Crippen LogP contribution in [0.1, 0.15) is 0 Å². The molecule has 0 amide bonds. The van der Waals surface area contributed by atoms with Crippen molar-refractivity contribution in [2.45, 2.75) is 0 Å². The maximum absolute atomic E-state index is 7.48. The number of nitrogens with two attached hydrogens (primary N) is 2. The van der Waals surface area contributed by atoms with Crippen LogP contribution in [-0.4, -0.2) is 23.4 Å². The number of rotatable bonds is 4. The Morgan fingerprint density at radius 2 is 2.29 bits per heavy atom. The number of hydrogen-bond acceptors (Lipinski definition) is 6. The van der Waals surface area contributed by atoms with E-state index in [1.807, 2.05) is 0 Å². The molecule has 0 saturated carbocycles. The molecule has 2 heterocycles. The number of halogens is 2. The minimum absolute atomic E-state index is 0.198. The highest BCUT2D eigenvalue weighted by atomic mass is 35.5. The number of aromatic nitrogens is 1. The monoisotopic (exact) mass is 327 g/mol. The van der Waals surface area contributed by atoms with Crippen molar-refractivity contribution in [3.05, 3.63) is 35.1 Å². The van der Waals surface area contributed by atoms with Gasteiger partial charge in [-0.1, -0.05) is 23.2 Å². The van der Waals surface area contributed by atoms with Crippen molar-refractivity contribution in [3.8, 4) is 5.75 Å². The van der Waals surface area contributed by atoms with Crippen LogP contribution in [0.4, 0.5) is 11.5 Å². The Balaban J connectivity index is 2.41. The predicted molar refractivity (Wildman–Crippen MR) is 84.0 cm³/mol. The fraction of sp³-hybridized carbons (Fsp3) is 0.0833. The summed E-state index contributed by atoms with van der Waals surface area (Å²) in [5, 5.41) is 12.5. The summed E-state index contributed by atoms with van der Waals surface area (Å²) < 4.78 is 5.62. The Labute approximate surface area is 131 Å². The van der Waals surface area contributed by atoms with Crippen LogP contribution in [0, 0.1) is 5.41 Å². The predicted octanol–water partition coefficient (Wildman–Crippen LogP) is 1.28. The van der Waals surface area contributed by atoms with Crippen molar-refractivity contribution in [1.82, 2.24) is 4.98 Å². The fourth-order valence-corrected chi connectivity index (χ4v) is 2.14. The molecule has 6 N–H and O–H groups in total. The van der Waals surface area contributed by atoms with Crippen LogP contribution < -0.4 is 21.1 Å². The minimum Gasteiger partial charge on any atom is -0.446 e. The van der Waals surface area contributed by atoms with Crippen LogP contribution in [-0.2, 0) is 0 Å². The average molecular weight is 328 g/mol. The zero-order valence-electron chi connectivity index (χ0n) is 11.0. The van der Waals surface area contributed by atoms with Gasteiger partial charge >= 0.3 is 0 Å². The van der Waals surface area contributed by atoms with E-state index in [2.05, 4.69) is 15.3 Å². The van der Waals surface area contributed by atoms with Gasteiger partial charge in [0, 0.05) is 7.05 Å². The first-order valence-electron chi connectivity index (χ1n) is 5.86. The van der Waals surface area contributed by atoms with Crippen molar-refractivity contribution < 1.29 is 10.1 Å². The Hall–Kier alpha value is -2.09. The Kier molecular flexibility index (Phi) is 4.79. The van der Waals surface area contributed by atoms with Crippen molar-refractivity contribution in [2.75, 3.05) is 18.1 Å². The minimum atomic E-state index is 0.198. The number of allylic oxidation sites excluding steroid dienone is 2. The molecule has 21 heavy (non-hydrogen) atoms. The van der Waals surface area contributed by atoms with Gasteiger partial charge in [-0.05, 0) is 0 Å². The molecule has 110 valence electrons. The quantitative estimate of drug-likeness (QED) is 0.492. The number of anilines is 2. The van der Waals surface area contributed by atoms with E-state index in [-0.39, 0.29) is 27.5 Å². The molecule has 0 aliphatic carbocycles. The number of nitrogens with one attached hydrogen (secondary N) is 2. The lowest BCUT2D eigenvalue weighted by Gasteiger charge is -2.13. The van der Waals surface area contributed by atoms with Gasteiger partial charge in [-0.25, -0.2) is 9.98 Å². The second-order valence-electron chi connectivity index (χ2n) is 3.90. The van der Waals surface area contributed by atoms with Crippen LogP contribution in [0.2, 0.25) is 5.02 Å². The number of aliphatic imine (C=N–C) groups is 1. The maximum Gasteiger partial charge on any atom is 0.216 e. The summed E-state index contributed by atoms with van der Waals surface area (Å²) in [5.41, 5.74) is 6.64. The molecule has 0 atom stereocenters. The second kappa shape index (κ2) is 6.57. The summed E-state index contributed by atoms with van der Waals surface area (Å²) in [4.78, 5) is 7.92. The largest absolute Gasteiger partial charge is 0.446 e. The molecular weight excluding hydrogens is 315 g/mol. The molecule has 0 saturated heterocycles. The molecule has 7 nitrogen and oxygen atoms in total. The standard InChI is InChI=1S/C12H12Cl2N6O/c1-17-10-8(13)7(5-20-12(10)16)21-6(4-15)9-11(14)19-3-2-18-9/h2-5,15,17-18H,1H3,(H2,16,20)/p+1/b9-6+,15-4?. The van der Waals surface area contributed by atoms with Gasteiger partial charge in [0.15, 0.2) is 10.9 Å². The lowest BCUT2D eigenvalue weighted by Crippen LogP contribution is -2.78. The van der Waals surface area contributed by atoms with Gasteiger partial charge in [0.1, 0.15) is 17.0 Å². The summed E-state index contributed by atoms with van der Waals surface area (Å²) in [6.07, 6.45) is 5.64. The molecular formula is C12H13Cl2N6O+. The highest BCUT2D eigenvalue weighted by Gasteiger charge is 2.20. The van der Waals surface area contributed by atoms with E-state index in [0.29, 0.717) is 11.4 Å². The molecule has 1 aliphatic rings. The van der Waals surface area contributed by atoms with Crippen LogP contribution in [0.15, 0.2) is 35.0 Å². The topological polar surface area (TPSA) is 113 Å². The van der Waals surface area contributed by atoms with Gasteiger partial charge in [-0.3, -0.25) is 5.32 Å². The summed E-state index contributed by atoms with van der Waals surface area (Å²) >= 11 is 12.2. The van der Waals surface area contributed by atoms with Gasteiger partial charge in [0.05, 0.1) is 24.3 Å². The van der Waals surface area contributed by atoms with Crippen molar-refractivity contribution in [2.24, 2.45) is 4.99 Å². The van der Waals surface area contributed by atoms with Gasteiger partial charge in [0.2, 0.25) is 11.5 Å². The molecule has 0 bridgehead atoms. The van der Waals surface area contributed by atoms with E-state index < -0.39 is 0 Å². The lowest BCUT2D eigenvalue weighted by molar-refractivity contribution is -0.528. The molecule has 0 fully saturated rings. The molecule has 0 radical (unpaired) electrons. The van der Waals surface area contributed by atoms with E-state index in [4.69, 9.17) is 39.1 Å². The van der Waals surface area contributed by atoms with Crippen LogP contribution in [0.25, 0.3) is 0 Å². The summed E-state index contributed by atoms with van der Waals surface area (Å²) in [6.45, 7) is 0. The Bertz CT molecular complexity index is 668. The smallest absolute Gasteiger partial charge is 0.216 e. The van der Waals surface area contributed by atoms with Gasteiger partial charge < -0.3 is 21.2 Å². The van der Waals surface area contributed by atoms with Crippen molar-refractivity contribution >= 4 is 46.1 Å². The van der Waals surface area contributed by atoms with Gasteiger partial charge in [-0.2, -0.15) is 0 Å². The van der Waals surface area contributed by atoms with Crippen LogP contribution in [0.5, 0.6) is 5.75 Å². The van der Waals surface area contributed by atoms with E-state index in [1.165, 1.54) is 6.20 Å². The number of hydrogen-bond donors (Lipinski definition) is 4. The SMILES string of the molecule is CNc1c(N)ncc(O/C(C=N)=C2/[NH2+]C=CN=C2Cl)c1Cl. The Morgan fingerprint density at radius 1 is 1.52 bits per heavy atom. The number of nitrogens with zero attached hydrogens (tertiary/aromatic N) is 2. The normalized spacial score (nSPS) is 16.2. The van der Waals surface area contributed by atoms with Gasteiger partial charge in [0.25, 0.3) is 0 Å². The third-order valence-electron chi connectivity index (χ3n) is 2.64. The third-order valence-corrected chi connectivity index (χ3v) is 3.31. The van der Waals surface area contributed by atoms with Crippen molar-refractivity contribution in [3.63, 3.8) is 0 Å². The Morgan fingerprint density at radius 3 is 2.90 bits per heavy atom. The second-order valence-corrected chi connectivity index (χ2v) is 4.64. The van der Waals surface area contributed by atoms with E-state index in [0.717, 1.165) is 6.21 Å². The zero-order chi connectivity index (χ0) is 15.4. The number of quaternary nitrogens is 1. The number of ether oxygens (including phenoxy) is 1.